The highest BCUT2D eigenvalue weighted by molar-refractivity contribution is 7.89. The number of ether oxygens (including phenoxy) is 1. The van der Waals surface area contributed by atoms with Crippen LogP contribution in [-0.2, 0) is 21.4 Å². The molecule has 166 valence electrons. The Morgan fingerprint density at radius 1 is 1.06 bits per heavy atom. The maximum absolute atomic E-state index is 12.6. The van der Waals surface area contributed by atoms with E-state index in [4.69, 9.17) is 4.74 Å². The molecule has 0 aromatic heterocycles. The predicted octanol–water partition coefficient (Wildman–Crippen LogP) is 4.47. The summed E-state index contributed by atoms with van der Waals surface area (Å²) in [5.41, 5.74) is 2.11. The Bertz CT molecular complexity index is 1020. The standard InChI is InChI=1S/C24H30N2O4S/c1-17-4-2-7-22(14-17)30-16-18-5-3-6-21(15-18)25-24(27)19-8-12-23(13-9-19)31(28,29)26-20-10-11-20/h3,5-6,8-9,12-13,15,17,20,22,26H,2,4,7,10-11,14,16H2,1H3,(H,25,27). The number of hydrogen-bond donors (Lipinski definition) is 2. The van der Waals surface area contributed by atoms with Crippen LogP contribution in [-0.4, -0.2) is 26.5 Å². The predicted molar refractivity (Wildman–Crippen MR) is 120 cm³/mol. The summed E-state index contributed by atoms with van der Waals surface area (Å²) in [6, 6.07) is 13.7. The lowest BCUT2D eigenvalue weighted by Crippen LogP contribution is -2.25. The van der Waals surface area contributed by atoms with Gasteiger partial charge in [0.15, 0.2) is 0 Å². The number of hydrogen-bond acceptors (Lipinski definition) is 4. The molecule has 2 atom stereocenters. The lowest BCUT2D eigenvalue weighted by molar-refractivity contribution is 0.00468. The molecule has 0 bridgehead atoms. The average Bonchev–Trinajstić information content (AvgIpc) is 3.56. The van der Waals surface area contributed by atoms with Crippen molar-refractivity contribution in [2.45, 2.75) is 69.1 Å². The summed E-state index contributed by atoms with van der Waals surface area (Å²) in [5, 5.41) is 2.88. The van der Waals surface area contributed by atoms with E-state index < -0.39 is 10.0 Å². The van der Waals surface area contributed by atoms with Crippen LogP contribution >= 0.6 is 0 Å². The SMILES string of the molecule is CC1CCCC(OCc2cccc(NC(=O)c3ccc(S(=O)(=O)NC4CC4)cc3)c2)C1. The van der Waals surface area contributed by atoms with Crippen LogP contribution in [0.2, 0.25) is 0 Å². The molecular formula is C24H30N2O4S. The van der Waals surface area contributed by atoms with Crippen LogP contribution in [0.1, 0.15) is 61.4 Å². The smallest absolute Gasteiger partial charge is 0.255 e. The summed E-state index contributed by atoms with van der Waals surface area (Å²) in [7, 11) is -3.52. The maximum Gasteiger partial charge on any atom is 0.255 e. The summed E-state index contributed by atoms with van der Waals surface area (Å²) in [4.78, 5) is 12.8. The van der Waals surface area contributed by atoms with Crippen molar-refractivity contribution in [2.24, 2.45) is 5.92 Å². The molecule has 2 aromatic rings. The van der Waals surface area contributed by atoms with Crippen molar-refractivity contribution in [2.75, 3.05) is 5.32 Å². The molecule has 0 saturated heterocycles. The van der Waals surface area contributed by atoms with E-state index in [1.807, 2.05) is 24.3 Å². The van der Waals surface area contributed by atoms with Gasteiger partial charge in [0.2, 0.25) is 10.0 Å². The van der Waals surface area contributed by atoms with Gasteiger partial charge in [0.05, 0.1) is 17.6 Å². The van der Waals surface area contributed by atoms with Crippen molar-refractivity contribution in [1.29, 1.82) is 0 Å². The maximum atomic E-state index is 12.6. The first kappa shape index (κ1) is 22.0. The van der Waals surface area contributed by atoms with Crippen LogP contribution < -0.4 is 10.0 Å². The third kappa shape index (κ3) is 6.15. The van der Waals surface area contributed by atoms with E-state index in [0.717, 1.165) is 37.2 Å². The molecule has 2 aromatic carbocycles. The first-order valence-corrected chi connectivity index (χ1v) is 12.5. The van der Waals surface area contributed by atoms with E-state index in [1.165, 1.54) is 37.1 Å². The number of carbonyl (C=O) groups is 1. The highest BCUT2D eigenvalue weighted by Crippen LogP contribution is 2.27. The number of carbonyl (C=O) groups excluding carboxylic acids is 1. The quantitative estimate of drug-likeness (QED) is 0.631. The third-order valence-electron chi connectivity index (χ3n) is 5.88. The monoisotopic (exact) mass is 442 g/mol. The van der Waals surface area contributed by atoms with Gasteiger partial charge in [-0.1, -0.05) is 31.9 Å². The fourth-order valence-electron chi connectivity index (χ4n) is 3.96. The summed E-state index contributed by atoms with van der Waals surface area (Å²) >= 11 is 0. The molecule has 2 aliphatic rings. The molecule has 2 fully saturated rings. The molecular weight excluding hydrogens is 412 g/mol. The Kier molecular flexibility index (Phi) is 6.74. The number of rotatable bonds is 8. The summed E-state index contributed by atoms with van der Waals surface area (Å²) < 4.78 is 33.2. The molecule has 0 spiro atoms. The Morgan fingerprint density at radius 2 is 1.84 bits per heavy atom. The van der Waals surface area contributed by atoms with Gasteiger partial charge >= 0.3 is 0 Å². The Labute approximate surface area is 184 Å². The minimum absolute atomic E-state index is 0.0470. The summed E-state index contributed by atoms with van der Waals surface area (Å²) in [6.45, 7) is 2.80. The zero-order valence-electron chi connectivity index (χ0n) is 17.8. The van der Waals surface area contributed by atoms with Gasteiger partial charge in [-0.3, -0.25) is 4.79 Å². The van der Waals surface area contributed by atoms with Crippen molar-refractivity contribution in [3.05, 3.63) is 59.7 Å². The molecule has 1 amide bonds. The number of amides is 1. The van der Waals surface area contributed by atoms with Gasteiger partial charge in [-0.25, -0.2) is 13.1 Å². The Hall–Kier alpha value is -2.22. The van der Waals surface area contributed by atoms with Crippen LogP contribution in [0.4, 0.5) is 5.69 Å². The fraction of sp³-hybridized carbons (Fsp3) is 0.458. The highest BCUT2D eigenvalue weighted by Gasteiger charge is 2.28. The van der Waals surface area contributed by atoms with Crippen molar-refractivity contribution < 1.29 is 17.9 Å². The lowest BCUT2D eigenvalue weighted by Gasteiger charge is -2.26. The molecule has 0 aliphatic heterocycles. The second-order valence-corrected chi connectivity index (χ2v) is 10.5. The molecule has 2 saturated carbocycles. The third-order valence-corrected chi connectivity index (χ3v) is 7.42. The van der Waals surface area contributed by atoms with Crippen LogP contribution in [0.3, 0.4) is 0 Å². The van der Waals surface area contributed by atoms with Crippen molar-refractivity contribution in [1.82, 2.24) is 4.72 Å². The normalized spacial score (nSPS) is 21.6. The summed E-state index contributed by atoms with van der Waals surface area (Å²) in [6.07, 6.45) is 6.80. The van der Waals surface area contributed by atoms with Crippen molar-refractivity contribution in [3.8, 4) is 0 Å². The zero-order chi connectivity index (χ0) is 21.8. The van der Waals surface area contributed by atoms with Crippen molar-refractivity contribution >= 4 is 21.6 Å². The number of benzene rings is 2. The fourth-order valence-corrected chi connectivity index (χ4v) is 5.27. The van der Waals surface area contributed by atoms with E-state index in [0.29, 0.717) is 24.0 Å². The molecule has 2 unspecified atom stereocenters. The first-order valence-electron chi connectivity index (χ1n) is 11.0. The van der Waals surface area contributed by atoms with Gasteiger partial charge in [-0.15, -0.1) is 0 Å². The summed E-state index contributed by atoms with van der Waals surface area (Å²) in [5.74, 6) is 0.438. The second kappa shape index (κ2) is 9.51. The Balaban J connectivity index is 1.34. The van der Waals surface area contributed by atoms with Gasteiger partial charge in [0, 0.05) is 17.3 Å². The number of nitrogens with one attached hydrogen (secondary N) is 2. The van der Waals surface area contributed by atoms with E-state index in [-0.39, 0.29) is 16.8 Å². The number of sulfonamides is 1. The van der Waals surface area contributed by atoms with Crippen LogP contribution in [0, 0.1) is 5.92 Å². The van der Waals surface area contributed by atoms with E-state index >= 15 is 0 Å². The lowest BCUT2D eigenvalue weighted by atomic mass is 9.89. The molecule has 2 N–H and O–H groups in total. The molecule has 2 aliphatic carbocycles. The molecule has 0 radical (unpaired) electrons. The van der Waals surface area contributed by atoms with Crippen molar-refractivity contribution in [3.63, 3.8) is 0 Å². The van der Waals surface area contributed by atoms with Gasteiger partial charge in [0.1, 0.15) is 0 Å². The Morgan fingerprint density at radius 3 is 2.55 bits per heavy atom. The van der Waals surface area contributed by atoms with Gasteiger partial charge in [-0.2, -0.15) is 0 Å². The van der Waals surface area contributed by atoms with E-state index in [1.54, 1.807) is 0 Å². The first-order chi connectivity index (χ1) is 14.9. The highest BCUT2D eigenvalue weighted by atomic mass is 32.2. The topological polar surface area (TPSA) is 84.5 Å². The molecule has 4 rings (SSSR count). The molecule has 0 heterocycles. The molecule has 6 nitrogen and oxygen atoms in total. The molecule has 31 heavy (non-hydrogen) atoms. The minimum atomic E-state index is -3.52. The second-order valence-electron chi connectivity index (χ2n) is 8.78. The largest absolute Gasteiger partial charge is 0.374 e. The van der Waals surface area contributed by atoms with Crippen LogP contribution in [0.15, 0.2) is 53.4 Å². The zero-order valence-corrected chi connectivity index (χ0v) is 18.7. The van der Waals surface area contributed by atoms with E-state index in [9.17, 15) is 13.2 Å². The molecule has 7 heteroatoms. The van der Waals surface area contributed by atoms with Crippen LogP contribution in [0.5, 0.6) is 0 Å². The van der Waals surface area contributed by atoms with Crippen LogP contribution in [0.25, 0.3) is 0 Å². The van der Waals surface area contributed by atoms with Gasteiger partial charge in [0.25, 0.3) is 5.91 Å². The van der Waals surface area contributed by atoms with Gasteiger partial charge in [-0.05, 0) is 73.6 Å². The number of anilines is 1. The average molecular weight is 443 g/mol. The van der Waals surface area contributed by atoms with Gasteiger partial charge < -0.3 is 10.1 Å². The van der Waals surface area contributed by atoms with E-state index in [2.05, 4.69) is 17.0 Å². The minimum Gasteiger partial charge on any atom is -0.374 e.